The van der Waals surface area contributed by atoms with Crippen LogP contribution in [-0.4, -0.2) is 39.6 Å². The molecule has 21 heavy (non-hydrogen) atoms. The number of urea groups is 1. The number of carbonyl (C=O) groups excluding carboxylic acids is 1. The molecule has 0 bridgehead atoms. The Hall–Kier alpha value is -2.11. The summed E-state index contributed by atoms with van der Waals surface area (Å²) in [5.74, 6) is -0.804. The van der Waals surface area contributed by atoms with E-state index in [2.05, 4.69) is 10.3 Å². The summed E-state index contributed by atoms with van der Waals surface area (Å²) >= 11 is 0. The Balaban J connectivity index is 2.42. The van der Waals surface area contributed by atoms with Crippen molar-refractivity contribution < 1.29 is 14.7 Å². The minimum Gasteiger partial charge on any atom is -0.481 e. The van der Waals surface area contributed by atoms with Gasteiger partial charge in [0.25, 0.3) is 0 Å². The molecule has 2 amide bonds. The molecule has 0 fully saturated rings. The number of carbonyl (C=O) groups is 2. The van der Waals surface area contributed by atoms with Gasteiger partial charge in [0.1, 0.15) is 0 Å². The van der Waals surface area contributed by atoms with Crippen molar-refractivity contribution in [1.82, 2.24) is 15.2 Å². The van der Waals surface area contributed by atoms with Gasteiger partial charge in [0.05, 0.1) is 0 Å². The number of hydrogen-bond acceptors (Lipinski definition) is 3. The highest BCUT2D eigenvalue weighted by molar-refractivity contribution is 5.74. The van der Waals surface area contributed by atoms with E-state index in [4.69, 9.17) is 5.11 Å². The Bertz CT molecular complexity index is 451. The van der Waals surface area contributed by atoms with Crippen LogP contribution in [0.25, 0.3) is 0 Å². The van der Waals surface area contributed by atoms with E-state index >= 15 is 0 Å². The monoisotopic (exact) mass is 293 g/mol. The van der Waals surface area contributed by atoms with Crippen molar-refractivity contribution in [2.75, 3.05) is 6.54 Å². The number of nitrogens with one attached hydrogen (secondary N) is 1. The fraction of sp³-hybridized carbons (Fsp3) is 0.533. The lowest BCUT2D eigenvalue weighted by Gasteiger charge is -2.24. The van der Waals surface area contributed by atoms with Gasteiger partial charge in [0.2, 0.25) is 0 Å². The lowest BCUT2D eigenvalue weighted by Crippen LogP contribution is -2.43. The minimum absolute atomic E-state index is 0.0386. The molecule has 0 saturated heterocycles. The zero-order valence-corrected chi connectivity index (χ0v) is 12.6. The molecule has 0 aromatic carbocycles. The topological polar surface area (TPSA) is 82.5 Å². The number of amides is 2. The molecule has 0 aliphatic rings. The van der Waals surface area contributed by atoms with Crippen molar-refractivity contribution in [2.24, 2.45) is 0 Å². The van der Waals surface area contributed by atoms with Gasteiger partial charge in [-0.1, -0.05) is 0 Å². The van der Waals surface area contributed by atoms with Crippen LogP contribution < -0.4 is 5.32 Å². The lowest BCUT2D eigenvalue weighted by molar-refractivity contribution is -0.137. The van der Waals surface area contributed by atoms with E-state index in [0.29, 0.717) is 25.9 Å². The zero-order chi connectivity index (χ0) is 15.7. The van der Waals surface area contributed by atoms with Crippen LogP contribution in [0, 0.1) is 0 Å². The number of aromatic nitrogens is 1. The summed E-state index contributed by atoms with van der Waals surface area (Å²) in [6.07, 6.45) is 4.76. The quantitative estimate of drug-likeness (QED) is 0.770. The molecule has 1 atom stereocenters. The molecule has 1 heterocycles. The van der Waals surface area contributed by atoms with Crippen LogP contribution in [0.1, 0.15) is 38.7 Å². The second-order valence-electron chi connectivity index (χ2n) is 5.01. The maximum Gasteiger partial charge on any atom is 0.317 e. The summed E-state index contributed by atoms with van der Waals surface area (Å²) in [5, 5.41) is 11.5. The van der Waals surface area contributed by atoms with Crippen LogP contribution in [-0.2, 0) is 11.3 Å². The van der Waals surface area contributed by atoms with E-state index in [1.165, 1.54) is 0 Å². The molecule has 1 aromatic heterocycles. The van der Waals surface area contributed by atoms with Gasteiger partial charge < -0.3 is 15.3 Å². The highest BCUT2D eigenvalue weighted by atomic mass is 16.4. The average Bonchev–Trinajstić information content (AvgIpc) is 2.45. The third-order valence-electron chi connectivity index (χ3n) is 3.19. The molecule has 1 aromatic rings. The molecule has 0 radical (unpaired) electrons. The smallest absolute Gasteiger partial charge is 0.317 e. The highest BCUT2D eigenvalue weighted by Crippen LogP contribution is 2.05. The summed E-state index contributed by atoms with van der Waals surface area (Å²) < 4.78 is 0. The molecule has 1 unspecified atom stereocenters. The standard InChI is InChI=1S/C15H23N3O3/c1-3-18(11-13-7-9-16-10-8-13)15(21)17-12(2)5-4-6-14(19)20/h7-10,12H,3-6,11H2,1-2H3,(H,17,21)(H,19,20). The van der Waals surface area contributed by atoms with E-state index in [0.717, 1.165) is 5.56 Å². The van der Waals surface area contributed by atoms with E-state index in [1.54, 1.807) is 17.3 Å². The minimum atomic E-state index is -0.804. The van der Waals surface area contributed by atoms with Gasteiger partial charge in [-0.05, 0) is 44.4 Å². The van der Waals surface area contributed by atoms with Gasteiger partial charge in [-0.3, -0.25) is 9.78 Å². The molecule has 0 aliphatic carbocycles. The number of carboxylic acid groups (broad SMARTS) is 1. The van der Waals surface area contributed by atoms with Crippen LogP contribution in [0.4, 0.5) is 4.79 Å². The summed E-state index contributed by atoms with van der Waals surface area (Å²) in [6.45, 7) is 4.96. The van der Waals surface area contributed by atoms with E-state index in [-0.39, 0.29) is 18.5 Å². The summed E-state index contributed by atoms with van der Waals surface area (Å²) in [5.41, 5.74) is 1.03. The molecule has 6 heteroatoms. The van der Waals surface area contributed by atoms with E-state index in [9.17, 15) is 9.59 Å². The Morgan fingerprint density at radius 2 is 2.05 bits per heavy atom. The fourth-order valence-corrected chi connectivity index (χ4v) is 1.97. The lowest BCUT2D eigenvalue weighted by atomic mass is 10.1. The number of aliphatic carboxylic acids is 1. The summed E-state index contributed by atoms with van der Waals surface area (Å²) in [7, 11) is 0. The van der Waals surface area contributed by atoms with Crippen molar-refractivity contribution >= 4 is 12.0 Å². The van der Waals surface area contributed by atoms with Gasteiger partial charge in [0, 0.05) is 37.9 Å². The van der Waals surface area contributed by atoms with Gasteiger partial charge in [-0.15, -0.1) is 0 Å². The third kappa shape index (κ3) is 6.74. The van der Waals surface area contributed by atoms with Crippen molar-refractivity contribution in [3.05, 3.63) is 30.1 Å². The molecule has 0 aliphatic heterocycles. The van der Waals surface area contributed by atoms with Crippen molar-refractivity contribution in [2.45, 2.75) is 45.7 Å². The van der Waals surface area contributed by atoms with Gasteiger partial charge in [0.15, 0.2) is 0 Å². The first-order chi connectivity index (χ1) is 10.0. The molecule has 116 valence electrons. The zero-order valence-electron chi connectivity index (χ0n) is 12.6. The molecular formula is C15H23N3O3. The second-order valence-corrected chi connectivity index (χ2v) is 5.01. The van der Waals surface area contributed by atoms with Crippen molar-refractivity contribution in [1.29, 1.82) is 0 Å². The highest BCUT2D eigenvalue weighted by Gasteiger charge is 2.14. The molecule has 1 rings (SSSR count). The van der Waals surface area contributed by atoms with Crippen LogP contribution >= 0.6 is 0 Å². The predicted molar refractivity (Wildman–Crippen MR) is 79.8 cm³/mol. The summed E-state index contributed by atoms with van der Waals surface area (Å²) in [4.78, 5) is 28.3. The van der Waals surface area contributed by atoms with Gasteiger partial charge in [-0.2, -0.15) is 0 Å². The van der Waals surface area contributed by atoms with Crippen LogP contribution in [0.15, 0.2) is 24.5 Å². The van der Waals surface area contributed by atoms with Crippen LogP contribution in [0.2, 0.25) is 0 Å². The van der Waals surface area contributed by atoms with Gasteiger partial charge in [-0.25, -0.2) is 4.79 Å². The molecular weight excluding hydrogens is 270 g/mol. The van der Waals surface area contributed by atoms with Crippen LogP contribution in [0.5, 0.6) is 0 Å². The Morgan fingerprint density at radius 3 is 2.62 bits per heavy atom. The second kappa shape index (κ2) is 8.94. The maximum atomic E-state index is 12.2. The van der Waals surface area contributed by atoms with Gasteiger partial charge >= 0.3 is 12.0 Å². The molecule has 6 nitrogen and oxygen atoms in total. The first-order valence-corrected chi connectivity index (χ1v) is 7.19. The average molecular weight is 293 g/mol. The number of nitrogens with zero attached hydrogens (tertiary/aromatic N) is 2. The SMILES string of the molecule is CCN(Cc1ccncc1)C(=O)NC(C)CCCC(=O)O. The normalized spacial score (nSPS) is 11.7. The molecule has 0 saturated carbocycles. The van der Waals surface area contributed by atoms with E-state index in [1.807, 2.05) is 26.0 Å². The van der Waals surface area contributed by atoms with E-state index < -0.39 is 5.97 Å². The summed E-state index contributed by atoms with van der Waals surface area (Å²) in [6, 6.07) is 3.60. The number of rotatable bonds is 8. The number of hydrogen-bond donors (Lipinski definition) is 2. The fourth-order valence-electron chi connectivity index (χ4n) is 1.97. The first kappa shape index (κ1) is 16.9. The third-order valence-corrected chi connectivity index (χ3v) is 3.19. The molecule has 2 N–H and O–H groups in total. The number of pyridine rings is 1. The Kier molecular flexibility index (Phi) is 7.21. The molecule has 0 spiro atoms. The maximum absolute atomic E-state index is 12.2. The largest absolute Gasteiger partial charge is 0.481 e. The van der Waals surface area contributed by atoms with Crippen LogP contribution in [0.3, 0.4) is 0 Å². The number of carboxylic acids is 1. The predicted octanol–water partition coefficient (Wildman–Crippen LogP) is 2.26. The van der Waals surface area contributed by atoms with Crippen molar-refractivity contribution in [3.8, 4) is 0 Å². The first-order valence-electron chi connectivity index (χ1n) is 7.19. The Labute approximate surface area is 125 Å². The Morgan fingerprint density at radius 1 is 1.38 bits per heavy atom. The van der Waals surface area contributed by atoms with Crippen molar-refractivity contribution in [3.63, 3.8) is 0 Å².